The molecular formula is C23H27N5O. The minimum Gasteiger partial charge on any atom is -0.366 e. The van der Waals surface area contributed by atoms with Gasteiger partial charge in [-0.3, -0.25) is 9.78 Å². The van der Waals surface area contributed by atoms with Gasteiger partial charge < -0.3 is 16.0 Å². The van der Waals surface area contributed by atoms with E-state index in [2.05, 4.69) is 38.1 Å². The lowest BCUT2D eigenvalue weighted by atomic mass is 10.1. The van der Waals surface area contributed by atoms with E-state index in [-0.39, 0.29) is 11.9 Å². The summed E-state index contributed by atoms with van der Waals surface area (Å²) in [4.78, 5) is 21.0. The molecule has 0 aliphatic heterocycles. The van der Waals surface area contributed by atoms with Gasteiger partial charge in [0.1, 0.15) is 5.82 Å². The molecule has 150 valence electrons. The Hall–Kier alpha value is -3.25. The first-order valence-corrected chi connectivity index (χ1v) is 9.76. The zero-order valence-corrected chi connectivity index (χ0v) is 16.9. The molecule has 0 bridgehead atoms. The van der Waals surface area contributed by atoms with Crippen LogP contribution in [0, 0.1) is 6.92 Å². The zero-order chi connectivity index (χ0) is 20.5. The van der Waals surface area contributed by atoms with Crippen LogP contribution in [0.3, 0.4) is 0 Å². The second-order valence-corrected chi connectivity index (χ2v) is 6.98. The lowest BCUT2D eigenvalue weighted by molar-refractivity contribution is -0.122. The van der Waals surface area contributed by atoms with E-state index in [4.69, 9.17) is 0 Å². The molecule has 1 aromatic carbocycles. The van der Waals surface area contributed by atoms with Crippen molar-refractivity contribution in [1.29, 1.82) is 0 Å². The first kappa shape index (κ1) is 20.5. The Balaban J connectivity index is 1.41. The zero-order valence-electron chi connectivity index (χ0n) is 16.9. The molecule has 0 saturated heterocycles. The van der Waals surface area contributed by atoms with Gasteiger partial charge in [0.15, 0.2) is 0 Å². The number of nitrogens with zero attached hydrogens (tertiary/aromatic N) is 2. The van der Waals surface area contributed by atoms with Crippen molar-refractivity contribution in [3.05, 3.63) is 89.4 Å². The molecule has 29 heavy (non-hydrogen) atoms. The number of amides is 1. The van der Waals surface area contributed by atoms with Crippen LogP contribution in [0.25, 0.3) is 0 Å². The number of aromatic nitrogens is 2. The number of anilines is 1. The Bertz CT molecular complexity index is 912. The van der Waals surface area contributed by atoms with Crippen LogP contribution in [0.5, 0.6) is 0 Å². The maximum absolute atomic E-state index is 12.3. The first-order valence-electron chi connectivity index (χ1n) is 9.76. The summed E-state index contributed by atoms with van der Waals surface area (Å²) >= 11 is 0. The summed E-state index contributed by atoms with van der Waals surface area (Å²) in [5.74, 6) is 0.839. The number of nitrogens with one attached hydrogen (secondary N) is 3. The van der Waals surface area contributed by atoms with Crippen molar-refractivity contribution in [2.24, 2.45) is 0 Å². The van der Waals surface area contributed by atoms with E-state index in [0.717, 1.165) is 28.3 Å². The van der Waals surface area contributed by atoms with E-state index < -0.39 is 0 Å². The third-order valence-electron chi connectivity index (χ3n) is 4.56. The molecule has 0 radical (unpaired) electrons. The Kier molecular flexibility index (Phi) is 7.30. The van der Waals surface area contributed by atoms with Gasteiger partial charge >= 0.3 is 0 Å². The standard InChI is InChI=1S/C23H27N5O/c1-17-6-5-8-22(28-17)26-14-19-9-11-20(12-10-19)15-27-23(29)18(2)25-16-21-7-3-4-13-24-21/h3-13,18,25H,14-16H2,1-2H3,(H,26,28)(H,27,29)/t18-/m0/s1. The molecule has 1 amide bonds. The maximum Gasteiger partial charge on any atom is 0.237 e. The van der Waals surface area contributed by atoms with Crippen LogP contribution >= 0.6 is 0 Å². The van der Waals surface area contributed by atoms with Crippen LogP contribution in [-0.2, 0) is 24.4 Å². The first-order chi connectivity index (χ1) is 14.1. The molecule has 0 aliphatic carbocycles. The van der Waals surface area contributed by atoms with Crippen LogP contribution in [-0.4, -0.2) is 21.9 Å². The number of hydrogen-bond donors (Lipinski definition) is 3. The summed E-state index contributed by atoms with van der Waals surface area (Å²) in [7, 11) is 0. The lowest BCUT2D eigenvalue weighted by Crippen LogP contribution is -2.41. The van der Waals surface area contributed by atoms with Crippen molar-refractivity contribution >= 4 is 11.7 Å². The lowest BCUT2D eigenvalue weighted by Gasteiger charge is -2.14. The van der Waals surface area contributed by atoms with Crippen molar-refractivity contribution in [2.45, 2.75) is 39.5 Å². The van der Waals surface area contributed by atoms with Crippen LogP contribution in [0.4, 0.5) is 5.82 Å². The van der Waals surface area contributed by atoms with Gasteiger partial charge in [-0.1, -0.05) is 36.4 Å². The number of pyridine rings is 2. The highest BCUT2D eigenvalue weighted by molar-refractivity contribution is 5.81. The van der Waals surface area contributed by atoms with Crippen molar-refractivity contribution < 1.29 is 4.79 Å². The van der Waals surface area contributed by atoms with Gasteiger partial charge in [0.2, 0.25) is 5.91 Å². The summed E-state index contributed by atoms with van der Waals surface area (Å²) in [5.41, 5.74) is 4.13. The van der Waals surface area contributed by atoms with E-state index in [0.29, 0.717) is 19.6 Å². The maximum atomic E-state index is 12.3. The third kappa shape index (κ3) is 6.69. The SMILES string of the molecule is Cc1cccc(NCc2ccc(CNC(=O)[C@H](C)NCc3ccccn3)cc2)n1. The van der Waals surface area contributed by atoms with Gasteiger partial charge in [-0.25, -0.2) is 4.98 Å². The Labute approximate surface area is 171 Å². The van der Waals surface area contributed by atoms with Gasteiger partial charge in [0, 0.05) is 31.5 Å². The van der Waals surface area contributed by atoms with Crippen molar-refractivity contribution in [3.63, 3.8) is 0 Å². The molecule has 2 aromatic heterocycles. The van der Waals surface area contributed by atoms with Gasteiger partial charge in [-0.15, -0.1) is 0 Å². The minimum absolute atomic E-state index is 0.0304. The number of hydrogen-bond acceptors (Lipinski definition) is 5. The average molecular weight is 390 g/mol. The second-order valence-electron chi connectivity index (χ2n) is 6.98. The normalized spacial score (nSPS) is 11.7. The molecule has 0 spiro atoms. The van der Waals surface area contributed by atoms with Crippen LogP contribution in [0.2, 0.25) is 0 Å². The molecule has 0 unspecified atom stereocenters. The summed E-state index contributed by atoms with van der Waals surface area (Å²) in [6.45, 7) is 5.60. The summed E-state index contributed by atoms with van der Waals surface area (Å²) in [6, 6.07) is 19.6. The molecule has 0 fully saturated rings. The van der Waals surface area contributed by atoms with E-state index in [1.807, 2.05) is 62.4 Å². The molecule has 2 heterocycles. The number of rotatable bonds is 9. The quantitative estimate of drug-likeness (QED) is 0.524. The average Bonchev–Trinajstić information content (AvgIpc) is 2.76. The van der Waals surface area contributed by atoms with E-state index in [1.165, 1.54) is 0 Å². The van der Waals surface area contributed by atoms with Crippen molar-refractivity contribution in [1.82, 2.24) is 20.6 Å². The van der Waals surface area contributed by atoms with E-state index in [9.17, 15) is 4.79 Å². The molecular weight excluding hydrogens is 362 g/mol. The molecule has 3 aromatic rings. The highest BCUT2D eigenvalue weighted by Gasteiger charge is 2.11. The molecule has 1 atom stereocenters. The summed E-state index contributed by atoms with van der Waals surface area (Å²) in [6.07, 6.45) is 1.75. The monoisotopic (exact) mass is 389 g/mol. The number of carbonyl (C=O) groups excluding carboxylic acids is 1. The Morgan fingerprint density at radius 1 is 0.931 bits per heavy atom. The van der Waals surface area contributed by atoms with E-state index >= 15 is 0 Å². The number of benzene rings is 1. The predicted octanol–water partition coefficient (Wildman–Crippen LogP) is 3.19. The molecule has 0 aliphatic rings. The largest absolute Gasteiger partial charge is 0.366 e. The molecule has 3 rings (SSSR count). The van der Waals surface area contributed by atoms with Gasteiger partial charge in [0.05, 0.1) is 11.7 Å². The number of aryl methyl sites for hydroxylation is 1. The summed E-state index contributed by atoms with van der Waals surface area (Å²) in [5, 5.41) is 9.48. The third-order valence-corrected chi connectivity index (χ3v) is 4.56. The van der Waals surface area contributed by atoms with Gasteiger partial charge in [0.25, 0.3) is 0 Å². The van der Waals surface area contributed by atoms with Gasteiger partial charge in [-0.2, -0.15) is 0 Å². The molecule has 0 saturated carbocycles. The number of carbonyl (C=O) groups is 1. The molecule has 3 N–H and O–H groups in total. The fourth-order valence-electron chi connectivity index (χ4n) is 2.80. The Morgan fingerprint density at radius 3 is 2.38 bits per heavy atom. The van der Waals surface area contributed by atoms with Crippen LogP contribution < -0.4 is 16.0 Å². The van der Waals surface area contributed by atoms with Crippen LogP contribution in [0.15, 0.2) is 66.9 Å². The Morgan fingerprint density at radius 2 is 1.69 bits per heavy atom. The van der Waals surface area contributed by atoms with E-state index in [1.54, 1.807) is 6.20 Å². The fourth-order valence-corrected chi connectivity index (χ4v) is 2.80. The highest BCUT2D eigenvalue weighted by Crippen LogP contribution is 2.09. The smallest absolute Gasteiger partial charge is 0.237 e. The minimum atomic E-state index is -0.290. The van der Waals surface area contributed by atoms with Crippen molar-refractivity contribution in [3.8, 4) is 0 Å². The topological polar surface area (TPSA) is 78.9 Å². The second kappa shape index (κ2) is 10.3. The highest BCUT2D eigenvalue weighted by atomic mass is 16.2. The van der Waals surface area contributed by atoms with Crippen LogP contribution in [0.1, 0.15) is 29.4 Å². The van der Waals surface area contributed by atoms with Crippen molar-refractivity contribution in [2.75, 3.05) is 5.32 Å². The molecule has 6 heteroatoms. The van der Waals surface area contributed by atoms with Gasteiger partial charge in [-0.05, 0) is 49.2 Å². The fraction of sp³-hybridized carbons (Fsp3) is 0.261. The predicted molar refractivity (Wildman–Crippen MR) is 115 cm³/mol. The summed E-state index contributed by atoms with van der Waals surface area (Å²) < 4.78 is 0. The molecule has 6 nitrogen and oxygen atoms in total.